The van der Waals surface area contributed by atoms with E-state index in [1.54, 1.807) is 11.1 Å². The maximum absolute atomic E-state index is 3.70. The Morgan fingerprint density at radius 1 is 1.12 bits per heavy atom. The van der Waals surface area contributed by atoms with E-state index < -0.39 is 0 Å². The van der Waals surface area contributed by atoms with Gasteiger partial charge in [-0.2, -0.15) is 0 Å². The van der Waals surface area contributed by atoms with Gasteiger partial charge in [0.2, 0.25) is 0 Å². The molecule has 2 atom stereocenters. The molecule has 0 aliphatic carbocycles. The molecule has 94 valence electrons. The van der Waals surface area contributed by atoms with Crippen molar-refractivity contribution in [1.29, 1.82) is 0 Å². The van der Waals surface area contributed by atoms with Crippen molar-refractivity contribution < 1.29 is 0 Å². The van der Waals surface area contributed by atoms with Gasteiger partial charge in [-0.05, 0) is 23.5 Å². The third-order valence-electron chi connectivity index (χ3n) is 3.92. The SMILES string of the molecule is CCCCCC[C@H]1NC[C@H](C)c2ccccc21. The number of unbranched alkanes of at least 4 members (excludes halogenated alkanes) is 3. The van der Waals surface area contributed by atoms with Crippen LogP contribution in [0.25, 0.3) is 0 Å². The van der Waals surface area contributed by atoms with Crippen LogP contribution in [0.15, 0.2) is 24.3 Å². The van der Waals surface area contributed by atoms with E-state index in [-0.39, 0.29) is 0 Å². The lowest BCUT2D eigenvalue weighted by molar-refractivity contribution is 0.427. The Morgan fingerprint density at radius 2 is 1.88 bits per heavy atom. The minimum atomic E-state index is 0.597. The van der Waals surface area contributed by atoms with Gasteiger partial charge in [-0.3, -0.25) is 0 Å². The van der Waals surface area contributed by atoms with Crippen LogP contribution in [-0.4, -0.2) is 6.54 Å². The third-order valence-corrected chi connectivity index (χ3v) is 3.92. The van der Waals surface area contributed by atoms with Gasteiger partial charge in [0.1, 0.15) is 0 Å². The van der Waals surface area contributed by atoms with Crippen molar-refractivity contribution in [2.24, 2.45) is 0 Å². The Balaban J connectivity index is 1.98. The first-order valence-corrected chi connectivity index (χ1v) is 7.15. The maximum Gasteiger partial charge on any atom is 0.0323 e. The molecule has 17 heavy (non-hydrogen) atoms. The fourth-order valence-electron chi connectivity index (χ4n) is 2.85. The minimum Gasteiger partial charge on any atom is -0.309 e. The third kappa shape index (κ3) is 3.10. The number of benzene rings is 1. The van der Waals surface area contributed by atoms with Gasteiger partial charge < -0.3 is 5.32 Å². The molecule has 0 saturated carbocycles. The van der Waals surface area contributed by atoms with Gasteiger partial charge in [-0.1, -0.05) is 63.8 Å². The predicted molar refractivity (Wildman–Crippen MR) is 74.4 cm³/mol. The lowest BCUT2D eigenvalue weighted by Crippen LogP contribution is -2.31. The van der Waals surface area contributed by atoms with E-state index in [9.17, 15) is 0 Å². The minimum absolute atomic E-state index is 0.597. The standard InChI is InChI=1S/C16H25N/c1-3-4-5-6-11-16-15-10-8-7-9-14(15)13(2)12-17-16/h7-10,13,16-17H,3-6,11-12H2,1-2H3/t13-,16+/m0/s1. The first-order chi connectivity index (χ1) is 8.33. The molecule has 1 aromatic rings. The zero-order valence-corrected chi connectivity index (χ0v) is 11.2. The fourth-order valence-corrected chi connectivity index (χ4v) is 2.85. The summed E-state index contributed by atoms with van der Waals surface area (Å²) in [6, 6.07) is 9.56. The molecular formula is C16H25N. The van der Waals surface area contributed by atoms with Crippen LogP contribution >= 0.6 is 0 Å². The van der Waals surface area contributed by atoms with Crippen LogP contribution < -0.4 is 5.32 Å². The quantitative estimate of drug-likeness (QED) is 0.740. The topological polar surface area (TPSA) is 12.0 Å². The van der Waals surface area contributed by atoms with Gasteiger partial charge in [-0.15, -0.1) is 0 Å². The summed E-state index contributed by atoms with van der Waals surface area (Å²) in [5.41, 5.74) is 3.11. The summed E-state index contributed by atoms with van der Waals surface area (Å²) < 4.78 is 0. The van der Waals surface area contributed by atoms with Gasteiger partial charge in [-0.25, -0.2) is 0 Å². The van der Waals surface area contributed by atoms with Crippen molar-refractivity contribution in [2.75, 3.05) is 6.54 Å². The molecule has 0 bridgehead atoms. The van der Waals surface area contributed by atoms with Crippen molar-refractivity contribution in [3.8, 4) is 0 Å². The van der Waals surface area contributed by atoms with E-state index in [1.807, 2.05) is 0 Å². The van der Waals surface area contributed by atoms with Gasteiger partial charge in [0.15, 0.2) is 0 Å². The Labute approximate surface area is 106 Å². The smallest absolute Gasteiger partial charge is 0.0323 e. The van der Waals surface area contributed by atoms with E-state index in [2.05, 4.69) is 43.4 Å². The number of hydrogen-bond acceptors (Lipinski definition) is 1. The van der Waals surface area contributed by atoms with Crippen LogP contribution in [0.1, 0.15) is 69.0 Å². The largest absolute Gasteiger partial charge is 0.309 e. The summed E-state index contributed by atoms with van der Waals surface area (Å²) in [6.07, 6.45) is 6.74. The Kier molecular flexibility index (Phi) is 4.61. The number of rotatable bonds is 5. The molecule has 1 N–H and O–H groups in total. The van der Waals surface area contributed by atoms with E-state index in [0.717, 1.165) is 6.54 Å². The molecule has 1 heterocycles. The lowest BCUT2D eigenvalue weighted by atomic mass is 9.86. The number of fused-ring (bicyclic) bond motifs is 1. The summed E-state index contributed by atoms with van der Waals surface area (Å²) in [5, 5.41) is 3.70. The summed E-state index contributed by atoms with van der Waals surface area (Å²) in [5.74, 6) is 0.665. The molecule has 0 saturated heterocycles. The van der Waals surface area contributed by atoms with Crippen molar-refractivity contribution >= 4 is 0 Å². The second-order valence-electron chi connectivity index (χ2n) is 5.34. The monoisotopic (exact) mass is 231 g/mol. The van der Waals surface area contributed by atoms with Crippen LogP contribution in [0.4, 0.5) is 0 Å². The second-order valence-corrected chi connectivity index (χ2v) is 5.34. The highest BCUT2D eigenvalue weighted by Crippen LogP contribution is 2.32. The molecule has 1 aliphatic rings. The Morgan fingerprint density at radius 3 is 2.65 bits per heavy atom. The molecule has 0 amide bonds. The molecule has 0 spiro atoms. The summed E-state index contributed by atoms with van der Waals surface area (Å²) in [7, 11) is 0. The molecule has 0 radical (unpaired) electrons. The van der Waals surface area contributed by atoms with Crippen molar-refractivity contribution in [3.63, 3.8) is 0 Å². The first-order valence-electron chi connectivity index (χ1n) is 7.15. The van der Waals surface area contributed by atoms with Crippen molar-refractivity contribution in [2.45, 2.75) is 57.9 Å². The van der Waals surface area contributed by atoms with Crippen LogP contribution in [0.2, 0.25) is 0 Å². The van der Waals surface area contributed by atoms with E-state index in [1.165, 1.54) is 32.1 Å². The van der Waals surface area contributed by atoms with Crippen molar-refractivity contribution in [3.05, 3.63) is 35.4 Å². The fraction of sp³-hybridized carbons (Fsp3) is 0.625. The average Bonchev–Trinajstić information content (AvgIpc) is 2.37. The Bertz CT molecular complexity index is 345. The highest BCUT2D eigenvalue weighted by atomic mass is 14.9. The van der Waals surface area contributed by atoms with Crippen molar-refractivity contribution in [1.82, 2.24) is 5.32 Å². The van der Waals surface area contributed by atoms with Crippen LogP contribution in [0, 0.1) is 0 Å². The predicted octanol–water partition coefficient (Wildman–Crippen LogP) is 4.40. The van der Waals surface area contributed by atoms with Gasteiger partial charge in [0, 0.05) is 12.6 Å². The molecule has 1 heteroatoms. The molecule has 0 unspecified atom stereocenters. The van der Waals surface area contributed by atoms with Crippen LogP contribution in [0.3, 0.4) is 0 Å². The molecule has 1 aromatic carbocycles. The number of hydrogen-bond donors (Lipinski definition) is 1. The highest BCUT2D eigenvalue weighted by Gasteiger charge is 2.22. The van der Waals surface area contributed by atoms with Gasteiger partial charge >= 0.3 is 0 Å². The van der Waals surface area contributed by atoms with E-state index in [4.69, 9.17) is 0 Å². The highest BCUT2D eigenvalue weighted by molar-refractivity contribution is 5.35. The average molecular weight is 231 g/mol. The molecule has 1 aliphatic heterocycles. The first kappa shape index (κ1) is 12.6. The number of nitrogens with one attached hydrogen (secondary N) is 1. The molecule has 2 rings (SSSR count). The summed E-state index contributed by atoms with van der Waals surface area (Å²) in [4.78, 5) is 0. The van der Waals surface area contributed by atoms with Gasteiger partial charge in [0.25, 0.3) is 0 Å². The molecule has 0 fully saturated rings. The van der Waals surface area contributed by atoms with Crippen LogP contribution in [-0.2, 0) is 0 Å². The maximum atomic E-state index is 3.70. The zero-order chi connectivity index (χ0) is 12.1. The Hall–Kier alpha value is -0.820. The second kappa shape index (κ2) is 6.20. The van der Waals surface area contributed by atoms with Crippen LogP contribution in [0.5, 0.6) is 0 Å². The van der Waals surface area contributed by atoms with E-state index in [0.29, 0.717) is 12.0 Å². The summed E-state index contributed by atoms with van der Waals surface area (Å²) in [6.45, 7) is 5.73. The molecule has 0 aromatic heterocycles. The normalized spacial score (nSPS) is 23.4. The zero-order valence-electron chi connectivity index (χ0n) is 11.2. The molecule has 1 nitrogen and oxygen atoms in total. The van der Waals surface area contributed by atoms with E-state index >= 15 is 0 Å². The lowest BCUT2D eigenvalue weighted by Gasteiger charge is -2.31. The van der Waals surface area contributed by atoms with Gasteiger partial charge in [0.05, 0.1) is 0 Å². The molecular weight excluding hydrogens is 206 g/mol. The summed E-state index contributed by atoms with van der Waals surface area (Å²) >= 11 is 0.